The summed E-state index contributed by atoms with van der Waals surface area (Å²) in [5.74, 6) is -4.13. The van der Waals surface area contributed by atoms with Gasteiger partial charge in [-0.2, -0.15) is 0 Å². The van der Waals surface area contributed by atoms with Crippen molar-refractivity contribution >= 4 is 5.91 Å². The highest BCUT2D eigenvalue weighted by Crippen LogP contribution is 2.43. The van der Waals surface area contributed by atoms with Crippen LogP contribution in [-0.2, 0) is 21.6 Å². The molecule has 0 spiro atoms. The van der Waals surface area contributed by atoms with Gasteiger partial charge in [-0.15, -0.1) is 10.2 Å². The van der Waals surface area contributed by atoms with Crippen molar-refractivity contribution in [2.24, 2.45) is 11.7 Å². The fraction of sp³-hybridized carbons (Fsp3) is 0.615. The highest BCUT2D eigenvalue weighted by Gasteiger charge is 2.51. The average Bonchev–Trinajstić information content (AvgIpc) is 3.74. The minimum absolute atomic E-state index is 0.0610. The van der Waals surface area contributed by atoms with E-state index < -0.39 is 29.7 Å². The zero-order valence-electron chi connectivity index (χ0n) is 21.5. The molecule has 5 rings (SSSR count). The van der Waals surface area contributed by atoms with Crippen LogP contribution in [0.5, 0.6) is 5.88 Å². The van der Waals surface area contributed by atoms with Gasteiger partial charge in [-0.1, -0.05) is 0 Å². The number of likely N-dealkylation sites (tertiary alicyclic amines) is 1. The lowest BCUT2D eigenvalue weighted by Crippen LogP contribution is -2.59. The predicted molar refractivity (Wildman–Crippen MR) is 134 cm³/mol. The number of nitrogens with two attached hydrogens (primary N) is 1. The maximum Gasteiger partial charge on any atom is 0.257 e. The second-order valence-corrected chi connectivity index (χ2v) is 10.6. The number of ether oxygens (including phenoxy) is 2. The smallest absolute Gasteiger partial charge is 0.257 e. The lowest BCUT2D eigenvalue weighted by Gasteiger charge is -2.45. The number of hydrogen-bond acceptors (Lipinski definition) is 8. The highest BCUT2D eigenvalue weighted by molar-refractivity contribution is 5.85. The first-order valence-corrected chi connectivity index (χ1v) is 13.1. The average molecular weight is 533 g/mol. The van der Waals surface area contributed by atoms with Crippen molar-refractivity contribution < 1.29 is 23.0 Å². The minimum Gasteiger partial charge on any atom is -0.476 e. The number of carbonyl (C=O) groups excluding carboxylic acids is 1. The molecule has 1 saturated carbocycles. The number of H-pyrrole nitrogens is 1. The maximum absolute atomic E-state index is 15.3. The summed E-state index contributed by atoms with van der Waals surface area (Å²) in [4.78, 5) is 31.6. The van der Waals surface area contributed by atoms with Gasteiger partial charge in [0.2, 0.25) is 11.8 Å². The van der Waals surface area contributed by atoms with Crippen LogP contribution in [0.25, 0.3) is 0 Å². The van der Waals surface area contributed by atoms with E-state index >= 15 is 8.78 Å². The van der Waals surface area contributed by atoms with Crippen molar-refractivity contribution in [2.75, 3.05) is 46.0 Å². The first-order valence-electron chi connectivity index (χ1n) is 13.1. The molecular formula is C26H34F2N6O4. The number of piperidine rings is 1. The summed E-state index contributed by atoms with van der Waals surface area (Å²) in [7, 11) is 0. The normalized spacial score (nSPS) is 24.0. The van der Waals surface area contributed by atoms with Crippen LogP contribution < -0.4 is 16.0 Å². The molecule has 2 saturated heterocycles. The number of rotatable bonds is 9. The zero-order valence-corrected chi connectivity index (χ0v) is 21.5. The predicted octanol–water partition coefficient (Wildman–Crippen LogP) is 1.61. The molecule has 3 N–H and O–H groups in total. The summed E-state index contributed by atoms with van der Waals surface area (Å²) < 4.78 is 41.6. The van der Waals surface area contributed by atoms with E-state index in [0.29, 0.717) is 62.4 Å². The second kappa shape index (κ2) is 10.7. The first-order chi connectivity index (χ1) is 18.2. The highest BCUT2D eigenvalue weighted by atomic mass is 19.3. The van der Waals surface area contributed by atoms with E-state index in [-0.39, 0.29) is 24.3 Å². The summed E-state index contributed by atoms with van der Waals surface area (Å²) in [5.41, 5.74) is 5.07. The van der Waals surface area contributed by atoms with Gasteiger partial charge < -0.3 is 20.2 Å². The van der Waals surface area contributed by atoms with Crippen molar-refractivity contribution in [3.8, 4) is 5.88 Å². The van der Waals surface area contributed by atoms with Gasteiger partial charge in [0.05, 0.1) is 31.4 Å². The molecule has 2 aromatic heterocycles. The Morgan fingerprint density at radius 1 is 1.26 bits per heavy atom. The molecular weight excluding hydrogens is 498 g/mol. The Morgan fingerprint density at radius 2 is 2.03 bits per heavy atom. The molecule has 3 fully saturated rings. The third-order valence-electron chi connectivity index (χ3n) is 7.95. The number of primary amides is 1. The molecule has 4 heterocycles. The van der Waals surface area contributed by atoms with Gasteiger partial charge in [0.15, 0.2) is 0 Å². The Labute approximate surface area is 219 Å². The van der Waals surface area contributed by atoms with Gasteiger partial charge in [0, 0.05) is 57.0 Å². The number of hydrogen-bond donors (Lipinski definition) is 2. The fourth-order valence-electron chi connectivity index (χ4n) is 5.12. The Hall–Kier alpha value is -2.96. The molecule has 38 heavy (non-hydrogen) atoms. The van der Waals surface area contributed by atoms with E-state index in [1.54, 1.807) is 30.0 Å². The second-order valence-electron chi connectivity index (χ2n) is 10.6. The summed E-state index contributed by atoms with van der Waals surface area (Å²) in [5, 5.41) is 8.30. The van der Waals surface area contributed by atoms with Gasteiger partial charge in [-0.3, -0.25) is 19.4 Å². The Kier molecular flexibility index (Phi) is 7.47. The molecule has 3 aliphatic rings. The van der Waals surface area contributed by atoms with Gasteiger partial charge in [0.1, 0.15) is 5.54 Å². The summed E-state index contributed by atoms with van der Waals surface area (Å²) >= 11 is 0. The van der Waals surface area contributed by atoms with Gasteiger partial charge in [0.25, 0.3) is 11.5 Å². The summed E-state index contributed by atoms with van der Waals surface area (Å²) in [6, 6.07) is 4.80. The van der Waals surface area contributed by atoms with E-state index in [9.17, 15) is 9.59 Å². The molecule has 2 aromatic rings. The van der Waals surface area contributed by atoms with Crippen molar-refractivity contribution in [3.63, 3.8) is 0 Å². The molecule has 0 radical (unpaired) electrons. The molecule has 206 valence electrons. The molecule has 1 amide bonds. The maximum atomic E-state index is 15.3. The van der Waals surface area contributed by atoms with E-state index in [0.717, 1.165) is 12.8 Å². The number of pyridine rings is 1. The van der Waals surface area contributed by atoms with E-state index in [2.05, 4.69) is 20.1 Å². The number of amides is 1. The van der Waals surface area contributed by atoms with Crippen LogP contribution >= 0.6 is 0 Å². The van der Waals surface area contributed by atoms with Crippen molar-refractivity contribution in [1.82, 2.24) is 25.0 Å². The molecule has 0 aromatic carbocycles. The molecule has 1 unspecified atom stereocenters. The monoisotopic (exact) mass is 532 g/mol. The largest absolute Gasteiger partial charge is 0.476 e. The van der Waals surface area contributed by atoms with Crippen LogP contribution in [0, 0.1) is 5.92 Å². The Morgan fingerprint density at radius 3 is 2.68 bits per heavy atom. The van der Waals surface area contributed by atoms with Crippen LogP contribution in [0.4, 0.5) is 8.78 Å². The number of carbonyl (C=O) groups is 1. The third-order valence-corrected chi connectivity index (χ3v) is 7.95. The zero-order chi connectivity index (χ0) is 26.9. The van der Waals surface area contributed by atoms with Gasteiger partial charge in [-0.05, 0) is 43.4 Å². The van der Waals surface area contributed by atoms with Crippen LogP contribution in [0.1, 0.15) is 48.9 Å². The molecule has 2 aliphatic heterocycles. The number of alkyl halides is 2. The molecule has 10 nitrogen and oxygen atoms in total. The number of aromatic amines is 1. The Balaban J connectivity index is 1.38. The van der Waals surface area contributed by atoms with Gasteiger partial charge >= 0.3 is 0 Å². The van der Waals surface area contributed by atoms with E-state index in [1.165, 1.54) is 6.20 Å². The van der Waals surface area contributed by atoms with Crippen LogP contribution in [-0.4, -0.2) is 82.8 Å². The quantitative estimate of drug-likeness (QED) is 0.499. The minimum atomic E-state index is -3.05. The fourth-order valence-corrected chi connectivity index (χ4v) is 5.12. The van der Waals surface area contributed by atoms with E-state index in [4.69, 9.17) is 15.2 Å². The van der Waals surface area contributed by atoms with E-state index in [1.807, 2.05) is 0 Å². The number of aromatic nitrogens is 3. The molecule has 2 atom stereocenters. The van der Waals surface area contributed by atoms with Crippen molar-refractivity contribution in [1.29, 1.82) is 0 Å². The number of nitrogens with zero attached hydrogens (tertiary/aromatic N) is 4. The van der Waals surface area contributed by atoms with Crippen LogP contribution in [0.2, 0.25) is 0 Å². The summed E-state index contributed by atoms with van der Waals surface area (Å²) in [6.45, 7) is 4.74. The molecule has 1 aliphatic carbocycles. The van der Waals surface area contributed by atoms with Crippen molar-refractivity contribution in [2.45, 2.75) is 50.1 Å². The first kappa shape index (κ1) is 26.6. The molecule has 0 bridgehead atoms. The molecule has 12 heteroatoms. The number of halogens is 2. The van der Waals surface area contributed by atoms with Crippen molar-refractivity contribution in [3.05, 3.63) is 51.6 Å². The van der Waals surface area contributed by atoms with Crippen LogP contribution in [0.15, 0.2) is 29.2 Å². The third kappa shape index (κ3) is 5.57. The van der Waals surface area contributed by atoms with Gasteiger partial charge in [-0.25, -0.2) is 8.78 Å². The Bertz CT molecular complexity index is 1200. The topological polar surface area (TPSA) is 127 Å². The SMILES string of the molecule is CC(C(N)=O)(c1ccc(OCC2CC2)nn1)N1CCC(F)(F)[C@@H](c2c[nH]c(=O)c(CN3CCOCC3)c2)C1. The standard InChI is InChI=1S/C26H34F2N6O4/c1-25(24(29)36,21-4-5-22(32-31-21)38-16-17-2-3-17)34-7-6-26(27,28)20(15-34)18-12-19(23(35)30-13-18)14-33-8-10-37-11-9-33/h4-5,12-13,17,20H,2-3,6-11,14-16H2,1H3,(H2,29,36)(H,30,35)/t20-,25?/m1/s1. The lowest BCUT2D eigenvalue weighted by atomic mass is 9.83. The number of morpholine rings is 1. The van der Waals surface area contributed by atoms with Crippen LogP contribution in [0.3, 0.4) is 0 Å². The summed E-state index contributed by atoms with van der Waals surface area (Å²) in [6.07, 6.45) is 3.14. The lowest BCUT2D eigenvalue weighted by molar-refractivity contribution is -0.139. The number of nitrogens with one attached hydrogen (secondary N) is 1.